The van der Waals surface area contributed by atoms with Gasteiger partial charge in [0.2, 0.25) is 5.91 Å². The van der Waals surface area contributed by atoms with Crippen molar-refractivity contribution in [1.82, 2.24) is 4.90 Å². The third-order valence-corrected chi connectivity index (χ3v) is 5.30. The van der Waals surface area contributed by atoms with Gasteiger partial charge in [-0.05, 0) is 36.2 Å². The molecule has 4 rings (SSSR count). The van der Waals surface area contributed by atoms with E-state index in [1.165, 1.54) is 4.90 Å². The van der Waals surface area contributed by atoms with Crippen molar-refractivity contribution in [2.24, 2.45) is 0 Å². The van der Waals surface area contributed by atoms with Gasteiger partial charge in [-0.3, -0.25) is 14.5 Å². The summed E-state index contributed by atoms with van der Waals surface area (Å²) in [7, 11) is 0. The first kappa shape index (κ1) is 18.5. The normalized spacial score (nSPS) is 19.9. The number of morpholine rings is 1. The summed E-state index contributed by atoms with van der Waals surface area (Å²) < 4.78 is 5.39. The van der Waals surface area contributed by atoms with E-state index in [0.29, 0.717) is 13.0 Å². The van der Waals surface area contributed by atoms with Crippen molar-refractivity contribution in [1.29, 1.82) is 0 Å². The number of carbonyl (C=O) groups is 2. The molecule has 2 aliphatic rings. The Labute approximate surface area is 165 Å². The predicted molar refractivity (Wildman–Crippen MR) is 108 cm³/mol. The molecule has 2 aromatic carbocycles. The van der Waals surface area contributed by atoms with Gasteiger partial charge in [0.05, 0.1) is 19.6 Å². The molecule has 0 spiro atoms. The average Bonchev–Trinajstić information content (AvgIpc) is 3.01. The van der Waals surface area contributed by atoms with Gasteiger partial charge in [-0.2, -0.15) is 0 Å². The molecule has 2 amide bonds. The quantitative estimate of drug-likeness (QED) is 0.781. The number of likely N-dealkylation sites (tertiary alicyclic amines) is 1. The average molecular weight is 379 g/mol. The number of imide groups is 1. The molecular weight excluding hydrogens is 354 g/mol. The second-order valence-electron chi connectivity index (χ2n) is 7.17. The molecule has 0 unspecified atom stereocenters. The summed E-state index contributed by atoms with van der Waals surface area (Å²) >= 11 is 0. The second-order valence-corrected chi connectivity index (χ2v) is 7.17. The first-order valence-corrected chi connectivity index (χ1v) is 9.78. The minimum atomic E-state index is -0.488. The van der Waals surface area contributed by atoms with E-state index in [1.54, 1.807) is 0 Å². The van der Waals surface area contributed by atoms with Crippen molar-refractivity contribution in [3.8, 4) is 0 Å². The van der Waals surface area contributed by atoms with Crippen LogP contribution in [0, 0.1) is 0 Å². The highest BCUT2D eigenvalue weighted by molar-refractivity contribution is 6.06. The number of rotatable bonds is 6. The molecule has 2 fully saturated rings. The molecule has 0 radical (unpaired) electrons. The molecular formula is C22H25N3O3. The summed E-state index contributed by atoms with van der Waals surface area (Å²) in [5.74, 6) is -0.249. The predicted octanol–water partition coefficient (Wildman–Crippen LogP) is 2.31. The minimum absolute atomic E-state index is 0.108. The SMILES string of the molecule is O=C1C[C@H](Nc2ccc(N3CCOCC3)cc2)C(=O)N1CCc1ccccc1. The number of hydrogen-bond donors (Lipinski definition) is 1. The summed E-state index contributed by atoms with van der Waals surface area (Å²) in [4.78, 5) is 28.7. The van der Waals surface area contributed by atoms with Crippen molar-refractivity contribution in [2.45, 2.75) is 18.9 Å². The van der Waals surface area contributed by atoms with Crippen LogP contribution in [-0.4, -0.2) is 55.6 Å². The van der Waals surface area contributed by atoms with E-state index in [1.807, 2.05) is 54.6 Å². The number of carbonyl (C=O) groups excluding carboxylic acids is 2. The molecule has 2 heterocycles. The smallest absolute Gasteiger partial charge is 0.252 e. The monoisotopic (exact) mass is 379 g/mol. The third kappa shape index (κ3) is 4.17. The van der Waals surface area contributed by atoms with E-state index in [9.17, 15) is 9.59 Å². The minimum Gasteiger partial charge on any atom is -0.378 e. The van der Waals surface area contributed by atoms with Crippen molar-refractivity contribution in [3.63, 3.8) is 0 Å². The Bertz CT molecular complexity index is 817. The molecule has 2 aromatic rings. The van der Waals surface area contributed by atoms with Crippen molar-refractivity contribution in [2.75, 3.05) is 43.1 Å². The van der Waals surface area contributed by atoms with Crippen LogP contribution in [0.2, 0.25) is 0 Å². The molecule has 28 heavy (non-hydrogen) atoms. The van der Waals surface area contributed by atoms with Gasteiger partial charge in [-0.15, -0.1) is 0 Å². The molecule has 6 nitrogen and oxygen atoms in total. The Morgan fingerprint density at radius 3 is 2.39 bits per heavy atom. The Kier molecular flexibility index (Phi) is 5.58. The fourth-order valence-electron chi connectivity index (χ4n) is 3.71. The van der Waals surface area contributed by atoms with E-state index in [-0.39, 0.29) is 18.2 Å². The fraction of sp³-hybridized carbons (Fsp3) is 0.364. The maximum absolute atomic E-state index is 12.7. The van der Waals surface area contributed by atoms with Gasteiger partial charge in [0.15, 0.2) is 0 Å². The number of nitrogens with one attached hydrogen (secondary N) is 1. The first-order chi connectivity index (χ1) is 13.7. The summed E-state index contributed by atoms with van der Waals surface area (Å²) in [5.41, 5.74) is 3.12. The Hall–Kier alpha value is -2.86. The third-order valence-electron chi connectivity index (χ3n) is 5.30. The lowest BCUT2D eigenvalue weighted by Gasteiger charge is -2.29. The van der Waals surface area contributed by atoms with Crippen LogP contribution in [0.3, 0.4) is 0 Å². The molecule has 1 atom stereocenters. The van der Waals surface area contributed by atoms with Crippen LogP contribution in [0.15, 0.2) is 54.6 Å². The van der Waals surface area contributed by atoms with Gasteiger partial charge in [-0.25, -0.2) is 0 Å². The van der Waals surface area contributed by atoms with Crippen LogP contribution in [0.5, 0.6) is 0 Å². The number of hydrogen-bond acceptors (Lipinski definition) is 5. The first-order valence-electron chi connectivity index (χ1n) is 9.78. The number of anilines is 2. The van der Waals surface area contributed by atoms with Gasteiger partial charge >= 0.3 is 0 Å². The van der Waals surface area contributed by atoms with Crippen LogP contribution in [0.4, 0.5) is 11.4 Å². The van der Waals surface area contributed by atoms with E-state index < -0.39 is 6.04 Å². The van der Waals surface area contributed by atoms with E-state index in [4.69, 9.17) is 4.74 Å². The standard InChI is InChI=1S/C22H25N3O3/c26-21-16-20(22(27)25(21)11-10-17-4-2-1-3-5-17)23-18-6-8-19(9-7-18)24-12-14-28-15-13-24/h1-9,20,23H,10-16H2/t20-/m0/s1. The Morgan fingerprint density at radius 2 is 1.68 bits per heavy atom. The van der Waals surface area contributed by atoms with Crippen LogP contribution in [-0.2, 0) is 20.7 Å². The number of amides is 2. The highest BCUT2D eigenvalue weighted by atomic mass is 16.5. The van der Waals surface area contributed by atoms with Gasteiger partial charge in [0.1, 0.15) is 6.04 Å². The van der Waals surface area contributed by atoms with Gasteiger partial charge in [0.25, 0.3) is 5.91 Å². The molecule has 146 valence electrons. The lowest BCUT2D eigenvalue weighted by Crippen LogP contribution is -2.36. The van der Waals surface area contributed by atoms with Gasteiger partial charge in [0, 0.05) is 31.0 Å². The van der Waals surface area contributed by atoms with Crippen molar-refractivity contribution >= 4 is 23.2 Å². The van der Waals surface area contributed by atoms with Gasteiger partial charge < -0.3 is 15.0 Å². The van der Waals surface area contributed by atoms with E-state index >= 15 is 0 Å². The summed E-state index contributed by atoms with van der Waals surface area (Å²) in [5, 5.41) is 3.22. The number of nitrogens with zero attached hydrogens (tertiary/aromatic N) is 2. The zero-order valence-corrected chi connectivity index (χ0v) is 15.8. The molecule has 0 saturated carbocycles. The maximum Gasteiger partial charge on any atom is 0.252 e. The lowest BCUT2D eigenvalue weighted by molar-refractivity contribution is -0.138. The highest BCUT2D eigenvalue weighted by Crippen LogP contribution is 2.22. The largest absolute Gasteiger partial charge is 0.378 e. The molecule has 0 aromatic heterocycles. The Balaban J connectivity index is 1.34. The zero-order chi connectivity index (χ0) is 19.3. The maximum atomic E-state index is 12.7. The van der Waals surface area contributed by atoms with Gasteiger partial charge in [-0.1, -0.05) is 30.3 Å². The number of benzene rings is 2. The zero-order valence-electron chi connectivity index (χ0n) is 15.8. The molecule has 1 N–H and O–H groups in total. The van der Waals surface area contributed by atoms with Crippen LogP contribution >= 0.6 is 0 Å². The Morgan fingerprint density at radius 1 is 0.964 bits per heavy atom. The van der Waals surface area contributed by atoms with Crippen LogP contribution < -0.4 is 10.2 Å². The van der Waals surface area contributed by atoms with Crippen LogP contribution in [0.1, 0.15) is 12.0 Å². The summed E-state index contributed by atoms with van der Waals surface area (Å²) in [6.07, 6.45) is 0.887. The van der Waals surface area contributed by atoms with Crippen molar-refractivity contribution < 1.29 is 14.3 Å². The summed E-state index contributed by atoms with van der Waals surface area (Å²) in [6, 6.07) is 17.4. The molecule has 0 bridgehead atoms. The van der Waals surface area contributed by atoms with E-state index in [2.05, 4.69) is 10.2 Å². The molecule has 6 heteroatoms. The van der Waals surface area contributed by atoms with Crippen molar-refractivity contribution in [3.05, 3.63) is 60.2 Å². The lowest BCUT2D eigenvalue weighted by atomic mass is 10.1. The fourth-order valence-corrected chi connectivity index (χ4v) is 3.71. The second kappa shape index (κ2) is 8.44. The molecule has 2 aliphatic heterocycles. The highest BCUT2D eigenvalue weighted by Gasteiger charge is 2.38. The molecule has 2 saturated heterocycles. The number of ether oxygens (including phenoxy) is 1. The summed E-state index contributed by atoms with van der Waals surface area (Å²) in [6.45, 7) is 3.70. The van der Waals surface area contributed by atoms with E-state index in [0.717, 1.165) is 43.2 Å². The molecule has 0 aliphatic carbocycles. The topological polar surface area (TPSA) is 61.9 Å². The van der Waals surface area contributed by atoms with Crippen LogP contribution in [0.25, 0.3) is 0 Å².